The molecule has 4 aromatic rings. The van der Waals surface area contributed by atoms with Gasteiger partial charge in [0.05, 0.1) is 12.3 Å². The maximum absolute atomic E-state index is 13.5. The van der Waals surface area contributed by atoms with Crippen LogP contribution in [0, 0.1) is 12.7 Å². The fourth-order valence-corrected chi connectivity index (χ4v) is 4.67. The lowest BCUT2D eigenvalue weighted by molar-refractivity contribution is 0.112. The van der Waals surface area contributed by atoms with E-state index in [1.807, 2.05) is 81.5 Å². The summed E-state index contributed by atoms with van der Waals surface area (Å²) in [5.41, 5.74) is 9.06. The second-order valence-electron chi connectivity index (χ2n) is 12.0. The number of nitrogens with one attached hydrogen (secondary N) is 1. The topological polar surface area (TPSA) is 74.7 Å². The van der Waals surface area contributed by atoms with E-state index in [1.54, 1.807) is 12.1 Å². The fraction of sp³-hybridized carbons (Fsp3) is 0.381. The van der Waals surface area contributed by atoms with E-state index in [9.17, 15) is 9.18 Å². The van der Waals surface area contributed by atoms with Crippen LogP contribution in [0.25, 0.3) is 17.0 Å². The minimum atomic E-state index is -0.238. The van der Waals surface area contributed by atoms with E-state index < -0.39 is 0 Å². The molecule has 0 radical (unpaired) electrons. The van der Waals surface area contributed by atoms with Gasteiger partial charge in [0.1, 0.15) is 24.5 Å². The summed E-state index contributed by atoms with van der Waals surface area (Å²) in [6.07, 6.45) is 5.79. The summed E-state index contributed by atoms with van der Waals surface area (Å²) in [6.45, 7) is 15.7. The highest BCUT2D eigenvalue weighted by molar-refractivity contribution is 5.74. The number of aliphatic hydroxyl groups excluding tert-OH is 1. The number of hydrogen-bond acceptors (Lipinski definition) is 6. The third kappa shape index (κ3) is 16.6. The second-order valence-corrected chi connectivity index (χ2v) is 12.0. The van der Waals surface area contributed by atoms with Crippen LogP contribution in [0.4, 0.5) is 4.39 Å². The summed E-state index contributed by atoms with van der Waals surface area (Å²) in [6, 6.07) is 23.8. The maximum Gasteiger partial charge on any atom is 0.150 e. The van der Waals surface area contributed by atoms with E-state index in [0.717, 1.165) is 77.1 Å². The van der Waals surface area contributed by atoms with Gasteiger partial charge in [-0.2, -0.15) is 0 Å². The molecule has 6 nitrogen and oxygen atoms in total. The van der Waals surface area contributed by atoms with Crippen LogP contribution >= 0.6 is 0 Å². The number of aromatic nitrogens is 1. The van der Waals surface area contributed by atoms with Crippen molar-refractivity contribution < 1.29 is 19.0 Å². The normalized spacial score (nSPS) is 10.0. The molecule has 49 heavy (non-hydrogen) atoms. The van der Waals surface area contributed by atoms with Crippen LogP contribution in [0.5, 0.6) is 5.75 Å². The third-order valence-electron chi connectivity index (χ3n) is 6.79. The molecule has 1 aromatic heterocycles. The average Bonchev–Trinajstić information content (AvgIpc) is 3.09. The fourth-order valence-electron chi connectivity index (χ4n) is 4.67. The van der Waals surface area contributed by atoms with Crippen LogP contribution in [0.1, 0.15) is 78.8 Å². The van der Waals surface area contributed by atoms with E-state index in [-0.39, 0.29) is 19.0 Å². The summed E-state index contributed by atoms with van der Waals surface area (Å²) >= 11 is 0. The largest absolute Gasteiger partial charge is 0.491 e. The number of halogens is 1. The third-order valence-corrected chi connectivity index (χ3v) is 6.79. The van der Waals surface area contributed by atoms with Crippen molar-refractivity contribution in [1.82, 2.24) is 15.2 Å². The highest BCUT2D eigenvalue weighted by atomic mass is 19.1. The molecule has 0 amide bonds. The molecule has 2 N–H and O–H groups in total. The second kappa shape index (κ2) is 24.8. The lowest BCUT2D eigenvalue weighted by Gasteiger charge is -2.17. The van der Waals surface area contributed by atoms with Gasteiger partial charge < -0.3 is 20.1 Å². The first-order valence-electron chi connectivity index (χ1n) is 17.2. The first kappa shape index (κ1) is 42.7. The van der Waals surface area contributed by atoms with Crippen molar-refractivity contribution in [3.8, 4) is 17.0 Å². The number of benzene rings is 3. The Morgan fingerprint density at radius 1 is 0.959 bits per heavy atom. The number of carbonyl (C=O) groups excluding carboxylic acids is 1. The molecule has 266 valence electrons. The molecule has 0 saturated heterocycles. The Hall–Kier alpha value is -4.33. The van der Waals surface area contributed by atoms with Gasteiger partial charge in [-0.25, -0.2) is 4.39 Å². The molecule has 0 aliphatic carbocycles. The minimum absolute atomic E-state index is 0.00836. The Morgan fingerprint density at radius 2 is 1.59 bits per heavy atom. The summed E-state index contributed by atoms with van der Waals surface area (Å²) in [7, 11) is 6.00. The van der Waals surface area contributed by atoms with Crippen molar-refractivity contribution >= 4 is 12.0 Å². The van der Waals surface area contributed by atoms with E-state index in [2.05, 4.69) is 45.7 Å². The quantitative estimate of drug-likeness (QED) is 0.138. The number of ether oxygens (including phenoxy) is 1. The minimum Gasteiger partial charge on any atom is -0.491 e. The molecule has 0 fully saturated rings. The molecule has 0 saturated carbocycles. The number of aliphatic hydroxyl groups is 1. The lowest BCUT2D eigenvalue weighted by atomic mass is 9.95. The molecule has 7 heteroatoms. The predicted molar refractivity (Wildman–Crippen MR) is 205 cm³/mol. The van der Waals surface area contributed by atoms with Gasteiger partial charge in [-0.15, -0.1) is 0 Å². The Balaban J connectivity index is 0.000000663. The molecule has 0 spiro atoms. The standard InChI is InChI=1S/C29H35FN2O2.C7H6O.C3H9N.C3H8/c1-5-7-24-19-26(32-29(27(24)6-2)22-8-11-25(30)12-9-22)14-15-31-21(4)23-10-13-28(20(3)18-23)34-17-16-33;8-6-7-4-2-1-3-5-7;1-4(2)3;1-3-2/h8-13,18-19,31,33H,4-7,14-17H2,1-3H3;1-6H;1-3H3;3H2,1-2H3. The number of nitrogens with zero attached hydrogens (tertiary/aromatic N) is 2. The Labute approximate surface area is 295 Å². The van der Waals surface area contributed by atoms with E-state index >= 15 is 0 Å². The van der Waals surface area contributed by atoms with Crippen LogP contribution in [0.2, 0.25) is 0 Å². The van der Waals surface area contributed by atoms with Crippen LogP contribution in [0.3, 0.4) is 0 Å². The summed E-state index contributed by atoms with van der Waals surface area (Å²) in [5.74, 6) is 0.528. The molecular weight excluding hydrogens is 613 g/mol. The van der Waals surface area contributed by atoms with E-state index in [4.69, 9.17) is 14.8 Å². The van der Waals surface area contributed by atoms with Gasteiger partial charge in [-0.05, 0) is 112 Å². The SMILES string of the molecule is C=C(NCCc1cc(CCC)c(CC)c(-c2ccc(F)cc2)n1)c1ccc(OCCO)c(C)c1.CCC.CN(C)C.O=Cc1ccccc1. The lowest BCUT2D eigenvalue weighted by Crippen LogP contribution is -2.16. The smallest absolute Gasteiger partial charge is 0.150 e. The first-order valence-corrected chi connectivity index (χ1v) is 17.2. The van der Waals surface area contributed by atoms with Crippen molar-refractivity contribution in [2.45, 2.75) is 66.7 Å². The molecule has 0 aliphatic rings. The summed E-state index contributed by atoms with van der Waals surface area (Å²) < 4.78 is 19.0. The number of pyridine rings is 1. The monoisotopic (exact) mass is 671 g/mol. The Kier molecular flexibility index (Phi) is 21.6. The number of aryl methyl sites for hydroxylation is 2. The van der Waals surface area contributed by atoms with Crippen LogP contribution in [-0.4, -0.2) is 62.2 Å². The summed E-state index contributed by atoms with van der Waals surface area (Å²) in [5, 5.41) is 12.4. The molecule has 4 rings (SSSR count). The molecule has 0 bridgehead atoms. The van der Waals surface area contributed by atoms with Gasteiger partial charge in [0, 0.05) is 35.5 Å². The molecule has 0 unspecified atom stereocenters. The molecule has 1 heterocycles. The van der Waals surface area contributed by atoms with Crippen molar-refractivity contribution in [3.05, 3.63) is 125 Å². The van der Waals surface area contributed by atoms with Gasteiger partial charge in [-0.3, -0.25) is 9.78 Å². The molecule has 0 aliphatic heterocycles. The van der Waals surface area contributed by atoms with Crippen molar-refractivity contribution in [1.29, 1.82) is 0 Å². The van der Waals surface area contributed by atoms with Crippen LogP contribution < -0.4 is 10.1 Å². The molecule has 0 atom stereocenters. The number of rotatable bonds is 13. The van der Waals surface area contributed by atoms with E-state index in [0.29, 0.717) is 6.54 Å². The number of hydrogen-bond donors (Lipinski definition) is 2. The number of aldehydes is 1. The zero-order chi connectivity index (χ0) is 36.6. The van der Waals surface area contributed by atoms with Crippen molar-refractivity contribution in [3.63, 3.8) is 0 Å². The van der Waals surface area contributed by atoms with E-state index in [1.165, 1.54) is 29.7 Å². The van der Waals surface area contributed by atoms with Gasteiger partial charge in [-0.1, -0.05) is 77.4 Å². The average molecular weight is 672 g/mol. The van der Waals surface area contributed by atoms with Crippen LogP contribution in [-0.2, 0) is 19.3 Å². The highest BCUT2D eigenvalue weighted by Gasteiger charge is 2.13. The van der Waals surface area contributed by atoms with Crippen molar-refractivity contribution in [2.24, 2.45) is 0 Å². The van der Waals surface area contributed by atoms with Gasteiger partial charge >= 0.3 is 0 Å². The highest BCUT2D eigenvalue weighted by Crippen LogP contribution is 2.28. The number of carbonyl (C=O) groups is 1. The predicted octanol–water partition coefficient (Wildman–Crippen LogP) is 8.98. The van der Waals surface area contributed by atoms with Gasteiger partial charge in [0.25, 0.3) is 0 Å². The first-order chi connectivity index (χ1) is 23.5. The van der Waals surface area contributed by atoms with Crippen molar-refractivity contribution in [2.75, 3.05) is 40.9 Å². The zero-order valence-electron chi connectivity index (χ0n) is 31.0. The molecular formula is C42H58FN3O3. The Bertz CT molecular complexity index is 1500. The van der Waals surface area contributed by atoms with Crippen LogP contribution in [0.15, 0.2) is 85.4 Å². The summed E-state index contributed by atoms with van der Waals surface area (Å²) in [4.78, 5) is 17.0. The molecule has 3 aromatic carbocycles. The maximum atomic E-state index is 13.5. The van der Waals surface area contributed by atoms with Gasteiger partial charge in [0.2, 0.25) is 0 Å². The zero-order valence-corrected chi connectivity index (χ0v) is 31.0. The van der Waals surface area contributed by atoms with Gasteiger partial charge in [0.15, 0.2) is 0 Å². The Morgan fingerprint density at radius 3 is 2.10 bits per heavy atom.